The zero-order chi connectivity index (χ0) is 14.6. The summed E-state index contributed by atoms with van der Waals surface area (Å²) in [6.07, 6.45) is 4.46. The molecule has 0 aromatic heterocycles. The largest absolute Gasteiger partial charge is 0.494 e. The highest BCUT2D eigenvalue weighted by atomic mass is 16.5. The minimum Gasteiger partial charge on any atom is -0.494 e. The van der Waals surface area contributed by atoms with Crippen LogP contribution >= 0.6 is 0 Å². The van der Waals surface area contributed by atoms with Crippen LogP contribution in [0.25, 0.3) is 0 Å². The van der Waals surface area contributed by atoms with Crippen LogP contribution in [0.15, 0.2) is 36.6 Å². The van der Waals surface area contributed by atoms with Crippen molar-refractivity contribution in [2.45, 2.75) is 58.0 Å². The number of benzene rings is 1. The third kappa shape index (κ3) is 5.28. The summed E-state index contributed by atoms with van der Waals surface area (Å²) < 4.78 is 11.4. The van der Waals surface area contributed by atoms with Crippen molar-refractivity contribution in [2.75, 3.05) is 6.61 Å². The van der Waals surface area contributed by atoms with Crippen molar-refractivity contribution < 1.29 is 9.47 Å². The Labute approximate surface area is 122 Å². The van der Waals surface area contributed by atoms with Gasteiger partial charge in [0.05, 0.1) is 12.4 Å². The van der Waals surface area contributed by atoms with Gasteiger partial charge < -0.3 is 9.47 Å². The van der Waals surface area contributed by atoms with E-state index in [9.17, 15) is 0 Å². The minimum atomic E-state index is -0.156. The topological polar surface area (TPSA) is 18.5 Å². The van der Waals surface area contributed by atoms with Crippen LogP contribution in [0.5, 0.6) is 5.75 Å². The fourth-order valence-electron chi connectivity index (χ4n) is 2.20. The van der Waals surface area contributed by atoms with Crippen molar-refractivity contribution in [2.24, 2.45) is 0 Å². The summed E-state index contributed by atoms with van der Waals surface area (Å²) >= 11 is 0. The molecule has 0 unspecified atom stereocenters. The third-order valence-corrected chi connectivity index (χ3v) is 3.25. The molecule has 0 saturated heterocycles. The Morgan fingerprint density at radius 3 is 2.40 bits per heavy atom. The third-order valence-electron chi connectivity index (χ3n) is 3.25. The minimum absolute atomic E-state index is 0.156. The monoisotopic (exact) mass is 274 g/mol. The molecule has 0 N–H and O–H groups in total. The highest BCUT2D eigenvalue weighted by Crippen LogP contribution is 2.40. The summed E-state index contributed by atoms with van der Waals surface area (Å²) in [5, 5.41) is 0. The van der Waals surface area contributed by atoms with Crippen molar-refractivity contribution >= 4 is 0 Å². The van der Waals surface area contributed by atoms with Gasteiger partial charge in [-0.3, -0.25) is 0 Å². The lowest BCUT2D eigenvalue weighted by molar-refractivity contribution is 0.0465. The maximum absolute atomic E-state index is 5.74. The molecular formula is C18H26O2. The van der Waals surface area contributed by atoms with Gasteiger partial charge >= 0.3 is 0 Å². The Morgan fingerprint density at radius 1 is 1.20 bits per heavy atom. The molecule has 2 rings (SSSR count). The first-order valence-corrected chi connectivity index (χ1v) is 7.53. The average molecular weight is 274 g/mol. The van der Waals surface area contributed by atoms with Gasteiger partial charge in [0.1, 0.15) is 11.4 Å². The van der Waals surface area contributed by atoms with E-state index in [2.05, 4.69) is 30.8 Å². The van der Waals surface area contributed by atoms with E-state index in [-0.39, 0.29) is 5.60 Å². The van der Waals surface area contributed by atoms with E-state index in [4.69, 9.17) is 9.47 Å². The van der Waals surface area contributed by atoms with E-state index in [1.54, 1.807) is 0 Å². The molecule has 0 amide bonds. The lowest BCUT2D eigenvalue weighted by Gasteiger charge is -2.22. The fourth-order valence-corrected chi connectivity index (χ4v) is 2.20. The molecule has 1 aliphatic carbocycles. The lowest BCUT2D eigenvalue weighted by atomic mass is 10.1. The second-order valence-electron chi connectivity index (χ2n) is 6.55. The maximum Gasteiger partial charge on any atom is 0.119 e. The van der Waals surface area contributed by atoms with Crippen LogP contribution in [0.4, 0.5) is 0 Å². The number of hydrogen-bond acceptors (Lipinski definition) is 2. The number of rotatable bonds is 7. The van der Waals surface area contributed by atoms with Crippen LogP contribution in [-0.4, -0.2) is 12.2 Å². The van der Waals surface area contributed by atoms with Gasteiger partial charge in [0.15, 0.2) is 0 Å². The van der Waals surface area contributed by atoms with E-state index < -0.39 is 0 Å². The molecule has 110 valence electrons. The molecule has 20 heavy (non-hydrogen) atoms. The van der Waals surface area contributed by atoms with Crippen LogP contribution in [0, 0.1) is 0 Å². The van der Waals surface area contributed by atoms with Crippen LogP contribution in [0.3, 0.4) is 0 Å². The molecule has 0 atom stereocenters. The molecular weight excluding hydrogens is 248 g/mol. The molecule has 1 saturated carbocycles. The quantitative estimate of drug-likeness (QED) is 0.511. The molecule has 0 heterocycles. The van der Waals surface area contributed by atoms with Gasteiger partial charge in [-0.25, -0.2) is 0 Å². The van der Waals surface area contributed by atoms with Gasteiger partial charge in [-0.2, -0.15) is 0 Å². The molecule has 1 aliphatic rings. The molecule has 0 bridgehead atoms. The molecule has 0 aliphatic heterocycles. The maximum atomic E-state index is 5.74. The van der Waals surface area contributed by atoms with Crippen LogP contribution < -0.4 is 4.74 Å². The van der Waals surface area contributed by atoms with Gasteiger partial charge in [-0.15, -0.1) is 0 Å². The summed E-state index contributed by atoms with van der Waals surface area (Å²) in [6.45, 7) is 10.8. The van der Waals surface area contributed by atoms with E-state index in [1.165, 1.54) is 18.4 Å². The molecule has 2 heteroatoms. The molecule has 2 nitrogen and oxygen atoms in total. The standard InChI is InChI=1S/C18H26O2/c1-14(20-18(2,3)4)6-5-13-19-17-11-9-16(10-12-17)15-7-8-15/h9-12,15H,1,5-8,13H2,2-4H3. The number of ether oxygens (including phenoxy) is 2. The van der Waals surface area contributed by atoms with Crippen molar-refractivity contribution in [1.82, 2.24) is 0 Å². The Balaban J connectivity index is 1.64. The van der Waals surface area contributed by atoms with E-state index in [1.807, 2.05) is 20.8 Å². The zero-order valence-corrected chi connectivity index (χ0v) is 12.9. The molecule has 1 aromatic rings. The molecule has 0 spiro atoms. The zero-order valence-electron chi connectivity index (χ0n) is 12.9. The summed E-state index contributed by atoms with van der Waals surface area (Å²) in [5.74, 6) is 2.60. The number of allylic oxidation sites excluding steroid dienone is 1. The van der Waals surface area contributed by atoms with Crippen LogP contribution in [-0.2, 0) is 4.74 Å². The normalized spacial score (nSPS) is 14.9. The van der Waals surface area contributed by atoms with E-state index >= 15 is 0 Å². The fraction of sp³-hybridized carbons (Fsp3) is 0.556. The first kappa shape index (κ1) is 15.0. The second kappa shape index (κ2) is 6.34. The summed E-state index contributed by atoms with van der Waals surface area (Å²) in [6, 6.07) is 8.53. The Hall–Kier alpha value is -1.44. The summed E-state index contributed by atoms with van der Waals surface area (Å²) in [5.41, 5.74) is 1.29. The van der Waals surface area contributed by atoms with E-state index in [0.29, 0.717) is 6.61 Å². The highest BCUT2D eigenvalue weighted by molar-refractivity contribution is 5.31. The van der Waals surface area contributed by atoms with E-state index in [0.717, 1.165) is 30.3 Å². The van der Waals surface area contributed by atoms with Gasteiger partial charge in [-0.1, -0.05) is 18.7 Å². The van der Waals surface area contributed by atoms with Crippen molar-refractivity contribution in [3.05, 3.63) is 42.2 Å². The smallest absolute Gasteiger partial charge is 0.119 e. The van der Waals surface area contributed by atoms with Gasteiger partial charge in [0, 0.05) is 6.42 Å². The van der Waals surface area contributed by atoms with Crippen LogP contribution in [0.2, 0.25) is 0 Å². The van der Waals surface area contributed by atoms with Crippen LogP contribution in [0.1, 0.15) is 57.9 Å². The first-order chi connectivity index (χ1) is 9.44. The lowest BCUT2D eigenvalue weighted by Crippen LogP contribution is -2.18. The first-order valence-electron chi connectivity index (χ1n) is 7.53. The Bertz CT molecular complexity index is 435. The number of hydrogen-bond donors (Lipinski definition) is 0. The van der Waals surface area contributed by atoms with Gasteiger partial charge in [0.2, 0.25) is 0 Å². The predicted molar refractivity (Wildman–Crippen MR) is 83.1 cm³/mol. The Morgan fingerprint density at radius 2 is 1.85 bits per heavy atom. The molecule has 1 aromatic carbocycles. The second-order valence-corrected chi connectivity index (χ2v) is 6.55. The highest BCUT2D eigenvalue weighted by Gasteiger charge is 2.22. The van der Waals surface area contributed by atoms with Gasteiger partial charge in [-0.05, 0) is 63.6 Å². The average Bonchev–Trinajstić information content (AvgIpc) is 3.17. The Kier molecular flexibility index (Phi) is 4.74. The predicted octanol–water partition coefficient (Wildman–Crippen LogP) is 5.05. The molecule has 1 fully saturated rings. The summed E-state index contributed by atoms with van der Waals surface area (Å²) in [4.78, 5) is 0. The van der Waals surface area contributed by atoms with Gasteiger partial charge in [0.25, 0.3) is 0 Å². The molecule has 0 radical (unpaired) electrons. The van der Waals surface area contributed by atoms with Crippen molar-refractivity contribution in [3.63, 3.8) is 0 Å². The van der Waals surface area contributed by atoms with Crippen molar-refractivity contribution in [1.29, 1.82) is 0 Å². The SMILES string of the molecule is C=C(CCCOc1ccc(C2CC2)cc1)OC(C)(C)C. The van der Waals surface area contributed by atoms with Crippen molar-refractivity contribution in [3.8, 4) is 5.75 Å². The summed E-state index contributed by atoms with van der Waals surface area (Å²) in [7, 11) is 0.